The molecule has 0 aromatic carbocycles. The molecule has 0 aliphatic heterocycles. The van der Waals surface area contributed by atoms with Crippen LogP contribution in [0, 0.1) is 22.7 Å². The largest absolute Gasteiger partial charge is 0.469 e. The van der Waals surface area contributed by atoms with Gasteiger partial charge in [0.15, 0.2) is 0 Å². The van der Waals surface area contributed by atoms with Crippen LogP contribution < -0.4 is 0 Å². The van der Waals surface area contributed by atoms with Crippen molar-refractivity contribution in [2.45, 2.75) is 26.7 Å². The molecule has 0 spiro atoms. The first kappa shape index (κ1) is 10.5. The van der Waals surface area contributed by atoms with Gasteiger partial charge in [0.05, 0.1) is 13.0 Å². The lowest BCUT2D eigenvalue weighted by molar-refractivity contribution is -0.179. The molecule has 0 heterocycles. The van der Waals surface area contributed by atoms with Crippen molar-refractivity contribution in [3.05, 3.63) is 0 Å². The van der Waals surface area contributed by atoms with Crippen molar-refractivity contribution in [2.24, 2.45) is 22.7 Å². The van der Waals surface area contributed by atoms with E-state index in [1.807, 2.05) is 0 Å². The zero-order valence-electron chi connectivity index (χ0n) is 8.97. The number of ether oxygens (including phenoxy) is 1. The molecule has 0 saturated heterocycles. The average molecular weight is 261 g/mol. The summed E-state index contributed by atoms with van der Waals surface area (Å²) in [5, 5.41) is 0.995. The van der Waals surface area contributed by atoms with Crippen LogP contribution in [0.4, 0.5) is 0 Å². The summed E-state index contributed by atoms with van der Waals surface area (Å²) < 4.78 is 4.88. The molecule has 0 aromatic rings. The Balaban J connectivity index is 2.26. The molecule has 0 N–H and O–H groups in total. The van der Waals surface area contributed by atoms with Gasteiger partial charge in [-0.05, 0) is 29.6 Å². The summed E-state index contributed by atoms with van der Waals surface area (Å²) in [6.07, 6.45) is 2.35. The number of carbonyl (C=O) groups excluding carboxylic acids is 1. The van der Waals surface area contributed by atoms with Crippen molar-refractivity contribution in [2.75, 3.05) is 12.4 Å². The standard InChI is InChI=1S/C11H17BrO2/c1-10-5-4-7(11(10,2)6-12)8(10)9(13)14-3/h7-8H,4-6H2,1-3H3. The van der Waals surface area contributed by atoms with E-state index in [1.54, 1.807) is 0 Å². The molecule has 2 nitrogen and oxygen atoms in total. The maximum atomic E-state index is 11.6. The average Bonchev–Trinajstić information content (AvgIpc) is 2.67. The Morgan fingerprint density at radius 1 is 1.57 bits per heavy atom. The Bertz CT molecular complexity index is 278. The van der Waals surface area contributed by atoms with Gasteiger partial charge in [-0.2, -0.15) is 0 Å². The van der Waals surface area contributed by atoms with E-state index in [0.29, 0.717) is 11.3 Å². The highest BCUT2D eigenvalue weighted by Gasteiger charge is 2.72. The van der Waals surface area contributed by atoms with Crippen molar-refractivity contribution in [3.63, 3.8) is 0 Å². The predicted molar refractivity (Wildman–Crippen MR) is 58.2 cm³/mol. The van der Waals surface area contributed by atoms with Crippen molar-refractivity contribution in [1.82, 2.24) is 0 Å². The molecule has 0 aromatic heterocycles. The quantitative estimate of drug-likeness (QED) is 0.564. The number of alkyl halides is 1. The SMILES string of the molecule is COC(=O)C1C2CCC1(C)C2(C)CBr. The van der Waals surface area contributed by atoms with Crippen molar-refractivity contribution >= 4 is 21.9 Å². The molecule has 14 heavy (non-hydrogen) atoms. The second-order valence-corrected chi connectivity index (χ2v) is 5.68. The van der Waals surface area contributed by atoms with Crippen molar-refractivity contribution in [1.29, 1.82) is 0 Å². The fraction of sp³-hybridized carbons (Fsp3) is 0.909. The molecule has 0 amide bonds. The van der Waals surface area contributed by atoms with Crippen molar-refractivity contribution < 1.29 is 9.53 Å². The van der Waals surface area contributed by atoms with Crippen LogP contribution in [0.15, 0.2) is 0 Å². The second kappa shape index (κ2) is 2.97. The zero-order chi connectivity index (χ0) is 10.6. The minimum absolute atomic E-state index is 0.00609. The first-order valence-electron chi connectivity index (χ1n) is 5.15. The summed E-state index contributed by atoms with van der Waals surface area (Å²) >= 11 is 3.58. The van der Waals surface area contributed by atoms with Crippen LogP contribution in [0.25, 0.3) is 0 Å². The van der Waals surface area contributed by atoms with Crippen LogP contribution in [0.1, 0.15) is 26.7 Å². The molecule has 2 bridgehead atoms. The molecule has 3 aliphatic carbocycles. The highest BCUT2D eigenvalue weighted by molar-refractivity contribution is 9.09. The normalized spacial score (nSPS) is 50.0. The molecular formula is C11H17BrO2. The van der Waals surface area contributed by atoms with Crippen LogP contribution in [-0.2, 0) is 9.53 Å². The highest BCUT2D eigenvalue weighted by Crippen LogP contribution is 2.74. The van der Waals surface area contributed by atoms with Gasteiger partial charge < -0.3 is 4.74 Å². The van der Waals surface area contributed by atoms with E-state index in [9.17, 15) is 4.79 Å². The molecule has 80 valence electrons. The summed E-state index contributed by atoms with van der Waals surface area (Å²) in [5.41, 5.74) is 0.458. The lowest BCUT2D eigenvalue weighted by Gasteiger charge is -2.59. The molecule has 4 atom stereocenters. The molecule has 4 unspecified atom stereocenters. The molecule has 3 rings (SSSR count). The third kappa shape index (κ3) is 0.898. The lowest BCUT2D eigenvalue weighted by atomic mass is 9.45. The maximum absolute atomic E-state index is 11.6. The van der Waals surface area contributed by atoms with Gasteiger partial charge in [-0.1, -0.05) is 29.8 Å². The Morgan fingerprint density at radius 2 is 2.21 bits per heavy atom. The molecule has 3 aliphatic rings. The van der Waals surface area contributed by atoms with E-state index in [0.717, 1.165) is 5.33 Å². The predicted octanol–water partition coefficient (Wildman–Crippen LogP) is 2.61. The van der Waals surface area contributed by atoms with Gasteiger partial charge in [0.2, 0.25) is 0 Å². The topological polar surface area (TPSA) is 26.3 Å². The van der Waals surface area contributed by atoms with E-state index >= 15 is 0 Å². The van der Waals surface area contributed by atoms with Crippen LogP contribution >= 0.6 is 15.9 Å². The Labute approximate surface area is 93.5 Å². The fourth-order valence-corrected chi connectivity index (χ4v) is 4.74. The van der Waals surface area contributed by atoms with Crippen LogP contribution in [0.3, 0.4) is 0 Å². The lowest BCUT2D eigenvalue weighted by Crippen LogP contribution is -2.60. The molecule has 3 fully saturated rings. The first-order valence-corrected chi connectivity index (χ1v) is 6.27. The van der Waals surface area contributed by atoms with Crippen LogP contribution in [-0.4, -0.2) is 18.4 Å². The van der Waals surface area contributed by atoms with E-state index < -0.39 is 0 Å². The van der Waals surface area contributed by atoms with E-state index in [-0.39, 0.29) is 17.3 Å². The van der Waals surface area contributed by atoms with Gasteiger partial charge in [-0.25, -0.2) is 0 Å². The summed E-state index contributed by atoms with van der Waals surface area (Å²) in [6.45, 7) is 4.53. The zero-order valence-corrected chi connectivity index (χ0v) is 10.6. The second-order valence-electron chi connectivity index (χ2n) is 5.11. The maximum Gasteiger partial charge on any atom is 0.309 e. The molecule has 0 radical (unpaired) electrons. The Hall–Kier alpha value is -0.0500. The third-order valence-corrected chi connectivity index (χ3v) is 6.08. The van der Waals surface area contributed by atoms with Gasteiger partial charge in [0, 0.05) is 5.33 Å². The monoisotopic (exact) mass is 260 g/mol. The summed E-state index contributed by atoms with van der Waals surface area (Å²) in [7, 11) is 1.49. The van der Waals surface area contributed by atoms with Crippen LogP contribution in [0.5, 0.6) is 0 Å². The number of hydrogen-bond donors (Lipinski definition) is 0. The Kier molecular flexibility index (Phi) is 2.22. The number of halogens is 1. The van der Waals surface area contributed by atoms with E-state index in [2.05, 4.69) is 29.8 Å². The van der Waals surface area contributed by atoms with Gasteiger partial charge >= 0.3 is 5.97 Å². The number of rotatable bonds is 2. The number of fused-ring (bicyclic) bond motifs is 1. The van der Waals surface area contributed by atoms with E-state index in [1.165, 1.54) is 20.0 Å². The third-order valence-electron chi connectivity index (χ3n) is 4.92. The van der Waals surface area contributed by atoms with Crippen LogP contribution in [0.2, 0.25) is 0 Å². The minimum Gasteiger partial charge on any atom is -0.469 e. The smallest absolute Gasteiger partial charge is 0.309 e. The highest BCUT2D eigenvalue weighted by atomic mass is 79.9. The summed E-state index contributed by atoms with van der Waals surface area (Å²) in [4.78, 5) is 11.6. The Morgan fingerprint density at radius 3 is 2.57 bits per heavy atom. The van der Waals surface area contributed by atoms with Gasteiger partial charge in [0.25, 0.3) is 0 Å². The number of methoxy groups -OCH3 is 1. The number of hydrogen-bond acceptors (Lipinski definition) is 2. The molecule has 3 heteroatoms. The molecular weight excluding hydrogens is 244 g/mol. The summed E-state index contributed by atoms with van der Waals surface area (Å²) in [5.74, 6) is 0.669. The molecule has 3 saturated carbocycles. The van der Waals surface area contributed by atoms with Gasteiger partial charge in [0.1, 0.15) is 0 Å². The summed E-state index contributed by atoms with van der Waals surface area (Å²) in [6, 6.07) is 0. The van der Waals surface area contributed by atoms with Gasteiger partial charge in [-0.15, -0.1) is 0 Å². The fourth-order valence-electron chi connectivity index (χ4n) is 3.68. The minimum atomic E-state index is -0.00609. The van der Waals surface area contributed by atoms with Gasteiger partial charge in [-0.3, -0.25) is 4.79 Å². The van der Waals surface area contributed by atoms with Crippen molar-refractivity contribution in [3.8, 4) is 0 Å². The number of carbonyl (C=O) groups is 1. The first-order chi connectivity index (χ1) is 6.51. The number of esters is 1. The van der Waals surface area contributed by atoms with E-state index in [4.69, 9.17) is 4.74 Å².